The summed E-state index contributed by atoms with van der Waals surface area (Å²) in [6.07, 6.45) is 0. The van der Waals surface area contributed by atoms with Gasteiger partial charge in [0.15, 0.2) is 5.78 Å². The van der Waals surface area contributed by atoms with Gasteiger partial charge >= 0.3 is 0 Å². The summed E-state index contributed by atoms with van der Waals surface area (Å²) in [6, 6.07) is 15.5. The Hall–Kier alpha value is -2.09. The molecule has 2 heteroatoms. The monoisotopic (exact) mass is 240 g/mol. The van der Waals surface area contributed by atoms with Crippen molar-refractivity contribution in [2.45, 2.75) is 13.8 Å². The van der Waals surface area contributed by atoms with Gasteiger partial charge in [-0.25, -0.2) is 0 Å². The normalized spacial score (nSPS) is 10.1. The Labute approximate surface area is 107 Å². The Morgan fingerprint density at radius 2 is 1.72 bits per heavy atom. The topological polar surface area (TPSA) is 26.3 Å². The van der Waals surface area contributed by atoms with Gasteiger partial charge in [0.2, 0.25) is 0 Å². The summed E-state index contributed by atoms with van der Waals surface area (Å²) < 4.78 is 5.48. The smallest absolute Gasteiger partial charge is 0.159 e. The van der Waals surface area contributed by atoms with Gasteiger partial charge in [-0.1, -0.05) is 30.3 Å². The highest BCUT2D eigenvalue weighted by atomic mass is 16.5. The molecule has 0 fully saturated rings. The van der Waals surface area contributed by atoms with Crippen molar-refractivity contribution >= 4 is 5.78 Å². The SMILES string of the molecule is CCOc1cccc(-c2cccc(C(C)=O)c2)c1. The van der Waals surface area contributed by atoms with Crippen molar-refractivity contribution < 1.29 is 9.53 Å². The van der Waals surface area contributed by atoms with Crippen LogP contribution in [0.2, 0.25) is 0 Å². The first kappa shape index (κ1) is 12.4. The fourth-order valence-electron chi connectivity index (χ4n) is 1.85. The van der Waals surface area contributed by atoms with Gasteiger partial charge in [-0.05, 0) is 43.2 Å². The lowest BCUT2D eigenvalue weighted by Crippen LogP contribution is -1.93. The fraction of sp³-hybridized carbons (Fsp3) is 0.188. The summed E-state index contributed by atoms with van der Waals surface area (Å²) in [6.45, 7) is 4.19. The van der Waals surface area contributed by atoms with E-state index in [1.807, 2.05) is 55.5 Å². The van der Waals surface area contributed by atoms with E-state index in [2.05, 4.69) is 0 Å². The number of ketones is 1. The Morgan fingerprint density at radius 1 is 1.06 bits per heavy atom. The second-order valence-electron chi connectivity index (χ2n) is 4.10. The minimum absolute atomic E-state index is 0.0813. The van der Waals surface area contributed by atoms with Crippen LogP contribution in [0.1, 0.15) is 24.2 Å². The average Bonchev–Trinajstić information content (AvgIpc) is 2.39. The zero-order valence-corrected chi connectivity index (χ0v) is 10.6. The zero-order valence-electron chi connectivity index (χ0n) is 10.6. The van der Waals surface area contributed by atoms with Crippen LogP contribution in [0.25, 0.3) is 11.1 Å². The molecule has 0 aromatic heterocycles. The van der Waals surface area contributed by atoms with Gasteiger partial charge in [-0.3, -0.25) is 4.79 Å². The Kier molecular flexibility index (Phi) is 3.78. The summed E-state index contributed by atoms with van der Waals surface area (Å²) in [5, 5.41) is 0. The predicted molar refractivity (Wildman–Crippen MR) is 73.1 cm³/mol. The summed E-state index contributed by atoms with van der Waals surface area (Å²) in [5.74, 6) is 0.932. The van der Waals surface area contributed by atoms with E-state index in [4.69, 9.17) is 4.74 Å². The molecular formula is C16H16O2. The Morgan fingerprint density at radius 3 is 2.39 bits per heavy atom. The number of carbonyl (C=O) groups is 1. The molecule has 0 bridgehead atoms. The molecule has 0 aliphatic carbocycles. The molecule has 0 spiro atoms. The largest absolute Gasteiger partial charge is 0.494 e. The lowest BCUT2D eigenvalue weighted by molar-refractivity contribution is 0.101. The highest BCUT2D eigenvalue weighted by molar-refractivity contribution is 5.95. The Balaban J connectivity index is 2.38. The molecule has 0 saturated carbocycles. The summed E-state index contributed by atoms with van der Waals surface area (Å²) in [4.78, 5) is 11.4. The van der Waals surface area contributed by atoms with E-state index in [-0.39, 0.29) is 5.78 Å². The maximum atomic E-state index is 11.4. The van der Waals surface area contributed by atoms with Crippen molar-refractivity contribution in [1.82, 2.24) is 0 Å². The number of benzene rings is 2. The third-order valence-corrected chi connectivity index (χ3v) is 2.75. The standard InChI is InChI=1S/C16H16O2/c1-3-18-16-9-5-8-15(11-16)14-7-4-6-13(10-14)12(2)17/h4-11H,3H2,1-2H3. The number of hydrogen-bond acceptors (Lipinski definition) is 2. The molecule has 0 aliphatic heterocycles. The van der Waals surface area contributed by atoms with E-state index in [1.165, 1.54) is 0 Å². The minimum Gasteiger partial charge on any atom is -0.494 e. The first-order chi connectivity index (χ1) is 8.70. The van der Waals surface area contributed by atoms with Crippen LogP contribution in [0.3, 0.4) is 0 Å². The van der Waals surface area contributed by atoms with E-state index in [9.17, 15) is 4.79 Å². The van der Waals surface area contributed by atoms with Crippen LogP contribution in [0.4, 0.5) is 0 Å². The highest BCUT2D eigenvalue weighted by Crippen LogP contribution is 2.24. The van der Waals surface area contributed by atoms with Crippen LogP contribution >= 0.6 is 0 Å². The summed E-state index contributed by atoms with van der Waals surface area (Å²) in [5.41, 5.74) is 2.82. The van der Waals surface area contributed by atoms with Crippen molar-refractivity contribution in [3.05, 3.63) is 54.1 Å². The molecule has 18 heavy (non-hydrogen) atoms. The second kappa shape index (κ2) is 5.50. The van der Waals surface area contributed by atoms with Crippen LogP contribution < -0.4 is 4.74 Å². The summed E-state index contributed by atoms with van der Waals surface area (Å²) in [7, 11) is 0. The van der Waals surface area contributed by atoms with Crippen molar-refractivity contribution in [3.8, 4) is 16.9 Å². The zero-order chi connectivity index (χ0) is 13.0. The lowest BCUT2D eigenvalue weighted by atomic mass is 10.0. The minimum atomic E-state index is 0.0813. The fourth-order valence-corrected chi connectivity index (χ4v) is 1.85. The molecule has 92 valence electrons. The van der Waals surface area contributed by atoms with E-state index >= 15 is 0 Å². The number of carbonyl (C=O) groups excluding carboxylic acids is 1. The second-order valence-corrected chi connectivity index (χ2v) is 4.10. The molecular weight excluding hydrogens is 224 g/mol. The molecule has 0 N–H and O–H groups in total. The number of ether oxygens (including phenoxy) is 1. The molecule has 0 saturated heterocycles. The van der Waals surface area contributed by atoms with Crippen molar-refractivity contribution in [2.75, 3.05) is 6.61 Å². The van der Waals surface area contributed by atoms with Crippen molar-refractivity contribution in [2.24, 2.45) is 0 Å². The van der Waals surface area contributed by atoms with Crippen LogP contribution in [0.15, 0.2) is 48.5 Å². The maximum absolute atomic E-state index is 11.4. The van der Waals surface area contributed by atoms with Gasteiger partial charge in [0, 0.05) is 5.56 Å². The van der Waals surface area contributed by atoms with Gasteiger partial charge in [0.05, 0.1) is 6.61 Å². The molecule has 0 aliphatic rings. The Bertz CT molecular complexity index is 559. The summed E-state index contributed by atoms with van der Waals surface area (Å²) >= 11 is 0. The maximum Gasteiger partial charge on any atom is 0.159 e. The predicted octanol–water partition coefficient (Wildman–Crippen LogP) is 3.95. The van der Waals surface area contributed by atoms with Crippen LogP contribution in [0, 0.1) is 0 Å². The third-order valence-electron chi connectivity index (χ3n) is 2.75. The molecule has 0 atom stereocenters. The highest BCUT2D eigenvalue weighted by Gasteiger charge is 2.03. The van der Waals surface area contributed by atoms with Crippen LogP contribution in [-0.4, -0.2) is 12.4 Å². The number of Topliss-reactive ketones (excluding diaryl/α,β-unsaturated/α-hetero) is 1. The number of rotatable bonds is 4. The number of hydrogen-bond donors (Lipinski definition) is 0. The molecule has 2 aromatic carbocycles. The molecule has 2 aromatic rings. The van der Waals surface area contributed by atoms with E-state index in [0.717, 1.165) is 22.4 Å². The van der Waals surface area contributed by atoms with Gasteiger partial charge < -0.3 is 4.74 Å². The van der Waals surface area contributed by atoms with E-state index < -0.39 is 0 Å². The molecule has 0 amide bonds. The first-order valence-corrected chi connectivity index (χ1v) is 6.05. The van der Waals surface area contributed by atoms with Gasteiger partial charge in [0.25, 0.3) is 0 Å². The quantitative estimate of drug-likeness (QED) is 0.756. The molecule has 0 unspecified atom stereocenters. The van der Waals surface area contributed by atoms with Crippen molar-refractivity contribution in [3.63, 3.8) is 0 Å². The third kappa shape index (κ3) is 2.77. The van der Waals surface area contributed by atoms with Crippen LogP contribution in [-0.2, 0) is 0 Å². The van der Waals surface area contributed by atoms with Crippen molar-refractivity contribution in [1.29, 1.82) is 0 Å². The molecule has 0 heterocycles. The average molecular weight is 240 g/mol. The van der Waals surface area contributed by atoms with E-state index in [0.29, 0.717) is 6.61 Å². The van der Waals surface area contributed by atoms with Gasteiger partial charge in [-0.15, -0.1) is 0 Å². The van der Waals surface area contributed by atoms with Gasteiger partial charge in [-0.2, -0.15) is 0 Å². The van der Waals surface area contributed by atoms with E-state index in [1.54, 1.807) is 6.92 Å². The molecule has 2 nitrogen and oxygen atoms in total. The van der Waals surface area contributed by atoms with Crippen LogP contribution in [0.5, 0.6) is 5.75 Å². The molecule has 0 radical (unpaired) electrons. The van der Waals surface area contributed by atoms with Gasteiger partial charge in [0.1, 0.15) is 5.75 Å². The molecule has 2 rings (SSSR count). The lowest BCUT2D eigenvalue weighted by Gasteiger charge is -2.07. The first-order valence-electron chi connectivity index (χ1n) is 6.05.